The van der Waals surface area contributed by atoms with E-state index in [1.807, 2.05) is 23.7 Å². The molecule has 0 amide bonds. The molecule has 1 aromatic heterocycles. The minimum absolute atomic E-state index is 0.414. The van der Waals surface area contributed by atoms with Crippen LogP contribution in [0.1, 0.15) is 16.8 Å². The summed E-state index contributed by atoms with van der Waals surface area (Å²) in [6.45, 7) is 4.04. The molecule has 0 N–H and O–H groups in total. The number of nitriles is 1. The van der Waals surface area contributed by atoms with E-state index in [9.17, 15) is 0 Å². The van der Waals surface area contributed by atoms with Crippen LogP contribution in [-0.2, 0) is 6.42 Å². The highest BCUT2D eigenvalue weighted by atomic mass is 15.3. The lowest BCUT2D eigenvalue weighted by molar-refractivity contribution is 0.844. The fourth-order valence-corrected chi connectivity index (χ4v) is 1.72. The zero-order valence-electron chi connectivity index (χ0n) is 9.44. The first-order valence-electron chi connectivity index (χ1n) is 5.20. The van der Waals surface area contributed by atoms with Gasteiger partial charge in [0.2, 0.25) is 0 Å². The molecule has 0 spiro atoms. The second-order valence-electron chi connectivity index (χ2n) is 3.84. The summed E-state index contributed by atoms with van der Waals surface area (Å²) in [5, 5.41) is 13.0. The minimum atomic E-state index is 0.414. The first kappa shape index (κ1) is 10.4. The average Bonchev–Trinajstić information content (AvgIpc) is 2.61. The lowest BCUT2D eigenvalue weighted by Crippen LogP contribution is -1.99. The number of rotatable bonds is 2. The predicted octanol–water partition coefficient (Wildman–Crippen LogP) is 2.56. The maximum Gasteiger partial charge on any atom is 0.0671 e. The van der Waals surface area contributed by atoms with Gasteiger partial charge in [-0.3, -0.25) is 0 Å². The molecule has 1 heterocycles. The highest BCUT2D eigenvalue weighted by Gasteiger charge is 2.07. The minimum Gasteiger partial charge on any atom is -0.238 e. The molecule has 16 heavy (non-hydrogen) atoms. The third-order valence-electron chi connectivity index (χ3n) is 2.63. The van der Waals surface area contributed by atoms with Crippen LogP contribution in [0.15, 0.2) is 30.5 Å². The van der Waals surface area contributed by atoms with Crippen LogP contribution in [0, 0.1) is 25.2 Å². The van der Waals surface area contributed by atoms with Crippen LogP contribution in [0.2, 0.25) is 0 Å². The molecule has 0 radical (unpaired) electrons. The molecule has 80 valence electrons. The molecule has 2 rings (SSSR count). The molecule has 1 aromatic carbocycles. The van der Waals surface area contributed by atoms with Crippen LogP contribution >= 0.6 is 0 Å². The van der Waals surface area contributed by atoms with Gasteiger partial charge in [-0.2, -0.15) is 10.4 Å². The average molecular weight is 211 g/mol. The third kappa shape index (κ3) is 1.82. The van der Waals surface area contributed by atoms with E-state index in [1.165, 1.54) is 5.56 Å². The molecular weight excluding hydrogens is 198 g/mol. The van der Waals surface area contributed by atoms with Gasteiger partial charge < -0.3 is 0 Å². The summed E-state index contributed by atoms with van der Waals surface area (Å²) in [5.41, 5.74) is 4.27. The Morgan fingerprint density at radius 3 is 2.88 bits per heavy atom. The summed E-state index contributed by atoms with van der Waals surface area (Å²) in [6, 6.07) is 10.3. The van der Waals surface area contributed by atoms with E-state index in [-0.39, 0.29) is 0 Å². The Morgan fingerprint density at radius 2 is 2.19 bits per heavy atom. The maximum absolute atomic E-state index is 8.68. The van der Waals surface area contributed by atoms with Crippen molar-refractivity contribution in [1.29, 1.82) is 5.26 Å². The maximum atomic E-state index is 8.68. The monoisotopic (exact) mass is 211 g/mol. The van der Waals surface area contributed by atoms with Crippen LogP contribution in [-0.4, -0.2) is 9.78 Å². The van der Waals surface area contributed by atoms with Gasteiger partial charge in [0.1, 0.15) is 0 Å². The third-order valence-corrected chi connectivity index (χ3v) is 2.63. The molecule has 0 aliphatic rings. The molecule has 0 bridgehead atoms. The van der Waals surface area contributed by atoms with Gasteiger partial charge in [0.05, 0.1) is 24.4 Å². The summed E-state index contributed by atoms with van der Waals surface area (Å²) in [5.74, 6) is 0. The van der Waals surface area contributed by atoms with Gasteiger partial charge in [0, 0.05) is 11.3 Å². The molecule has 2 aromatic rings. The Balaban J connectivity index is 2.46. The van der Waals surface area contributed by atoms with Crippen molar-refractivity contribution in [1.82, 2.24) is 9.78 Å². The van der Waals surface area contributed by atoms with Crippen molar-refractivity contribution in [2.24, 2.45) is 0 Å². The lowest BCUT2D eigenvalue weighted by atomic mass is 10.2. The summed E-state index contributed by atoms with van der Waals surface area (Å²) in [7, 11) is 0. The van der Waals surface area contributed by atoms with E-state index in [0.717, 1.165) is 16.9 Å². The van der Waals surface area contributed by atoms with Gasteiger partial charge in [-0.15, -0.1) is 0 Å². The number of hydrogen-bond donors (Lipinski definition) is 0. The SMILES string of the molecule is Cc1cccc(-n2ncc(CC#N)c2C)c1. The van der Waals surface area contributed by atoms with Crippen molar-refractivity contribution in [2.75, 3.05) is 0 Å². The normalized spacial score (nSPS) is 10.1. The smallest absolute Gasteiger partial charge is 0.0671 e. The zero-order chi connectivity index (χ0) is 11.5. The van der Waals surface area contributed by atoms with Crippen LogP contribution < -0.4 is 0 Å². The number of aromatic nitrogens is 2. The van der Waals surface area contributed by atoms with E-state index in [0.29, 0.717) is 6.42 Å². The second kappa shape index (κ2) is 4.19. The number of benzene rings is 1. The van der Waals surface area contributed by atoms with Crippen LogP contribution in [0.3, 0.4) is 0 Å². The number of aryl methyl sites for hydroxylation is 1. The topological polar surface area (TPSA) is 41.6 Å². The van der Waals surface area contributed by atoms with E-state index in [1.54, 1.807) is 6.20 Å². The van der Waals surface area contributed by atoms with Gasteiger partial charge >= 0.3 is 0 Å². The molecule has 3 nitrogen and oxygen atoms in total. The lowest BCUT2D eigenvalue weighted by Gasteiger charge is -2.05. The van der Waals surface area contributed by atoms with E-state index in [2.05, 4.69) is 30.2 Å². The van der Waals surface area contributed by atoms with Crippen LogP contribution in [0.4, 0.5) is 0 Å². The van der Waals surface area contributed by atoms with Crippen molar-refractivity contribution in [3.8, 4) is 11.8 Å². The Labute approximate surface area is 94.9 Å². The Bertz CT molecular complexity index is 547. The largest absolute Gasteiger partial charge is 0.238 e. The van der Waals surface area contributed by atoms with Crippen molar-refractivity contribution >= 4 is 0 Å². The van der Waals surface area contributed by atoms with Gasteiger partial charge in [-0.1, -0.05) is 12.1 Å². The highest BCUT2D eigenvalue weighted by Crippen LogP contribution is 2.15. The first-order chi connectivity index (χ1) is 7.72. The molecule has 0 saturated heterocycles. The van der Waals surface area contributed by atoms with E-state index in [4.69, 9.17) is 5.26 Å². The summed E-state index contributed by atoms with van der Waals surface area (Å²) in [6.07, 6.45) is 2.18. The van der Waals surface area contributed by atoms with Gasteiger partial charge in [0.25, 0.3) is 0 Å². The zero-order valence-corrected chi connectivity index (χ0v) is 9.44. The van der Waals surface area contributed by atoms with E-state index < -0.39 is 0 Å². The second-order valence-corrected chi connectivity index (χ2v) is 3.84. The molecule has 0 unspecified atom stereocenters. The molecule has 0 fully saturated rings. The summed E-state index contributed by atoms with van der Waals surface area (Å²) < 4.78 is 1.87. The molecule has 0 saturated carbocycles. The number of nitrogens with zero attached hydrogens (tertiary/aromatic N) is 3. The fraction of sp³-hybridized carbons (Fsp3) is 0.231. The van der Waals surface area contributed by atoms with Crippen molar-refractivity contribution in [3.63, 3.8) is 0 Å². The number of hydrogen-bond acceptors (Lipinski definition) is 2. The molecule has 0 atom stereocenters. The van der Waals surface area contributed by atoms with Crippen molar-refractivity contribution < 1.29 is 0 Å². The molecule has 0 aliphatic heterocycles. The van der Waals surface area contributed by atoms with Gasteiger partial charge in [-0.25, -0.2) is 4.68 Å². The Hall–Kier alpha value is -2.08. The Morgan fingerprint density at radius 1 is 1.38 bits per heavy atom. The van der Waals surface area contributed by atoms with Gasteiger partial charge in [-0.05, 0) is 31.5 Å². The van der Waals surface area contributed by atoms with E-state index >= 15 is 0 Å². The van der Waals surface area contributed by atoms with Crippen LogP contribution in [0.5, 0.6) is 0 Å². The molecule has 3 heteroatoms. The first-order valence-corrected chi connectivity index (χ1v) is 5.20. The van der Waals surface area contributed by atoms with Gasteiger partial charge in [0.15, 0.2) is 0 Å². The standard InChI is InChI=1S/C13H13N3/c1-10-4-3-5-13(8-10)16-11(2)12(6-7-14)9-15-16/h3-5,8-9H,6H2,1-2H3. The summed E-state index contributed by atoms with van der Waals surface area (Å²) >= 11 is 0. The van der Waals surface area contributed by atoms with Crippen molar-refractivity contribution in [3.05, 3.63) is 47.3 Å². The summed E-state index contributed by atoms with van der Waals surface area (Å²) in [4.78, 5) is 0. The van der Waals surface area contributed by atoms with Crippen molar-refractivity contribution in [2.45, 2.75) is 20.3 Å². The fourth-order valence-electron chi connectivity index (χ4n) is 1.72. The van der Waals surface area contributed by atoms with Crippen LogP contribution in [0.25, 0.3) is 5.69 Å². The molecular formula is C13H13N3. The quantitative estimate of drug-likeness (QED) is 0.766. The Kier molecular flexibility index (Phi) is 2.74. The molecule has 0 aliphatic carbocycles. The highest BCUT2D eigenvalue weighted by molar-refractivity contribution is 5.37. The predicted molar refractivity (Wildman–Crippen MR) is 62.4 cm³/mol.